The van der Waals surface area contributed by atoms with Gasteiger partial charge in [-0.05, 0) is 24.1 Å². The van der Waals surface area contributed by atoms with Gasteiger partial charge in [0, 0.05) is 18.1 Å². The summed E-state index contributed by atoms with van der Waals surface area (Å²) >= 11 is 6.01. The van der Waals surface area contributed by atoms with E-state index in [9.17, 15) is 4.79 Å². The first-order chi connectivity index (χ1) is 8.09. The van der Waals surface area contributed by atoms with Crippen LogP contribution in [0.5, 0.6) is 0 Å². The summed E-state index contributed by atoms with van der Waals surface area (Å²) in [4.78, 5) is 10.4. The Morgan fingerprint density at radius 2 is 2.29 bits per heavy atom. The predicted octanol–water partition coefficient (Wildman–Crippen LogP) is 1.24. The fraction of sp³-hybridized carbons (Fsp3) is 0.417. The molecule has 0 aliphatic carbocycles. The van der Waals surface area contributed by atoms with Crippen LogP contribution in [0.1, 0.15) is 11.1 Å². The van der Waals surface area contributed by atoms with Gasteiger partial charge in [0.1, 0.15) is 6.61 Å². The third-order valence-electron chi connectivity index (χ3n) is 2.23. The van der Waals surface area contributed by atoms with Crippen molar-refractivity contribution in [1.82, 2.24) is 5.32 Å². The third kappa shape index (κ3) is 5.68. The smallest absolute Gasteiger partial charge is 0.243 e. The number of amides is 1. The number of nitrogens with two attached hydrogens (primary N) is 1. The molecule has 0 saturated heterocycles. The molecule has 0 heterocycles. The fourth-order valence-electron chi connectivity index (χ4n) is 1.30. The van der Waals surface area contributed by atoms with Gasteiger partial charge >= 0.3 is 0 Å². The maximum absolute atomic E-state index is 10.4. The van der Waals surface area contributed by atoms with Gasteiger partial charge in [0.2, 0.25) is 5.91 Å². The van der Waals surface area contributed by atoms with Crippen LogP contribution in [0.3, 0.4) is 0 Å². The van der Waals surface area contributed by atoms with Crippen LogP contribution < -0.4 is 11.1 Å². The molecule has 0 spiro atoms. The lowest BCUT2D eigenvalue weighted by Crippen LogP contribution is -2.23. The van der Waals surface area contributed by atoms with Crippen molar-refractivity contribution in [1.29, 1.82) is 0 Å². The lowest BCUT2D eigenvalue weighted by molar-refractivity contribution is -0.122. The third-order valence-corrected chi connectivity index (χ3v) is 2.64. The summed E-state index contributed by atoms with van der Waals surface area (Å²) in [6.45, 7) is 3.79. The first kappa shape index (κ1) is 14.0. The standard InChI is InChI=1S/C12H17ClN2O2/c1-9-2-3-10(6-11(9)13)7-15-4-5-17-8-12(14)16/h2-3,6,15H,4-5,7-8H2,1H3,(H2,14,16). The van der Waals surface area contributed by atoms with E-state index in [0.29, 0.717) is 13.2 Å². The van der Waals surface area contributed by atoms with E-state index in [1.54, 1.807) is 0 Å². The topological polar surface area (TPSA) is 64.3 Å². The molecule has 1 rings (SSSR count). The molecular weight excluding hydrogens is 240 g/mol. The molecule has 5 heteroatoms. The zero-order valence-electron chi connectivity index (χ0n) is 9.83. The van der Waals surface area contributed by atoms with Crippen LogP contribution in [-0.4, -0.2) is 25.7 Å². The van der Waals surface area contributed by atoms with Crippen LogP contribution in [0.15, 0.2) is 18.2 Å². The minimum atomic E-state index is -0.449. The monoisotopic (exact) mass is 256 g/mol. The summed E-state index contributed by atoms with van der Waals surface area (Å²) in [6, 6.07) is 5.95. The molecule has 17 heavy (non-hydrogen) atoms. The van der Waals surface area contributed by atoms with Crippen LogP contribution in [0.4, 0.5) is 0 Å². The van der Waals surface area contributed by atoms with E-state index >= 15 is 0 Å². The van der Waals surface area contributed by atoms with Crippen molar-refractivity contribution in [2.45, 2.75) is 13.5 Å². The van der Waals surface area contributed by atoms with Crippen LogP contribution >= 0.6 is 11.6 Å². The first-order valence-electron chi connectivity index (χ1n) is 5.41. The quantitative estimate of drug-likeness (QED) is 0.722. The SMILES string of the molecule is Cc1ccc(CNCCOCC(N)=O)cc1Cl. The van der Waals surface area contributed by atoms with Gasteiger partial charge in [-0.15, -0.1) is 0 Å². The van der Waals surface area contributed by atoms with Gasteiger partial charge in [-0.2, -0.15) is 0 Å². The van der Waals surface area contributed by atoms with E-state index in [2.05, 4.69) is 5.32 Å². The molecule has 1 aromatic rings. The molecule has 0 unspecified atom stereocenters. The molecule has 0 saturated carbocycles. The van der Waals surface area contributed by atoms with Gasteiger partial charge in [0.05, 0.1) is 6.61 Å². The van der Waals surface area contributed by atoms with Crippen molar-refractivity contribution < 1.29 is 9.53 Å². The Bertz CT molecular complexity index is 383. The number of primary amides is 1. The Labute approximate surface area is 106 Å². The van der Waals surface area contributed by atoms with Crippen molar-refractivity contribution in [2.75, 3.05) is 19.8 Å². The molecule has 0 fully saturated rings. The number of carbonyl (C=O) groups excluding carboxylic acids is 1. The predicted molar refractivity (Wildman–Crippen MR) is 67.9 cm³/mol. The molecular formula is C12H17ClN2O2. The first-order valence-corrected chi connectivity index (χ1v) is 5.79. The van der Waals surface area contributed by atoms with Gasteiger partial charge in [-0.25, -0.2) is 0 Å². The minimum Gasteiger partial charge on any atom is -0.370 e. The average Bonchev–Trinajstić information content (AvgIpc) is 2.27. The number of carbonyl (C=O) groups is 1. The number of halogens is 1. The van der Waals surface area contributed by atoms with Crippen LogP contribution in [-0.2, 0) is 16.1 Å². The fourth-order valence-corrected chi connectivity index (χ4v) is 1.50. The molecule has 0 aliphatic heterocycles. The number of rotatable bonds is 7. The van der Waals surface area contributed by atoms with Crippen molar-refractivity contribution in [3.05, 3.63) is 34.3 Å². The van der Waals surface area contributed by atoms with Gasteiger partial charge in [-0.1, -0.05) is 23.7 Å². The number of benzene rings is 1. The number of ether oxygens (including phenoxy) is 1. The van der Waals surface area contributed by atoms with Crippen LogP contribution in [0.25, 0.3) is 0 Å². The Kier molecular flexibility index (Phi) is 5.97. The van der Waals surface area contributed by atoms with Crippen molar-refractivity contribution >= 4 is 17.5 Å². The normalized spacial score (nSPS) is 10.5. The highest BCUT2D eigenvalue weighted by molar-refractivity contribution is 6.31. The highest BCUT2D eigenvalue weighted by Gasteiger charge is 1.98. The number of hydrogen-bond acceptors (Lipinski definition) is 3. The Balaban J connectivity index is 2.18. The maximum Gasteiger partial charge on any atom is 0.243 e. The number of aryl methyl sites for hydroxylation is 1. The van der Waals surface area contributed by atoms with Crippen LogP contribution in [0.2, 0.25) is 5.02 Å². The van der Waals surface area contributed by atoms with E-state index in [1.165, 1.54) is 0 Å². The molecule has 0 bridgehead atoms. The van der Waals surface area contributed by atoms with E-state index < -0.39 is 5.91 Å². The summed E-state index contributed by atoms with van der Waals surface area (Å²) in [6.07, 6.45) is 0. The van der Waals surface area contributed by atoms with E-state index in [1.807, 2.05) is 25.1 Å². The summed E-state index contributed by atoms with van der Waals surface area (Å²) in [5.41, 5.74) is 7.12. The Morgan fingerprint density at radius 1 is 1.53 bits per heavy atom. The minimum absolute atomic E-state index is 0.0297. The molecule has 0 aliphatic rings. The van der Waals surface area contributed by atoms with Crippen molar-refractivity contribution in [3.8, 4) is 0 Å². The second-order valence-corrected chi connectivity index (χ2v) is 4.19. The number of nitrogens with one attached hydrogen (secondary N) is 1. The largest absolute Gasteiger partial charge is 0.370 e. The highest BCUT2D eigenvalue weighted by atomic mass is 35.5. The molecule has 0 aromatic heterocycles. The van der Waals surface area contributed by atoms with E-state index in [-0.39, 0.29) is 6.61 Å². The van der Waals surface area contributed by atoms with Crippen LogP contribution in [0, 0.1) is 6.92 Å². The van der Waals surface area contributed by atoms with Gasteiger partial charge in [0.25, 0.3) is 0 Å². The van der Waals surface area contributed by atoms with Gasteiger partial charge < -0.3 is 15.8 Å². The van der Waals surface area contributed by atoms with Crippen molar-refractivity contribution in [2.24, 2.45) is 5.73 Å². The highest BCUT2D eigenvalue weighted by Crippen LogP contribution is 2.16. The molecule has 0 atom stereocenters. The zero-order chi connectivity index (χ0) is 12.7. The van der Waals surface area contributed by atoms with Crippen molar-refractivity contribution in [3.63, 3.8) is 0 Å². The summed E-state index contributed by atoms with van der Waals surface area (Å²) in [5, 5.41) is 3.96. The molecule has 3 N–H and O–H groups in total. The van der Waals surface area contributed by atoms with Gasteiger partial charge in [-0.3, -0.25) is 4.79 Å². The second-order valence-electron chi connectivity index (χ2n) is 3.78. The summed E-state index contributed by atoms with van der Waals surface area (Å²) < 4.78 is 5.01. The Morgan fingerprint density at radius 3 is 2.94 bits per heavy atom. The summed E-state index contributed by atoms with van der Waals surface area (Å²) in [5.74, 6) is -0.449. The maximum atomic E-state index is 10.4. The lowest BCUT2D eigenvalue weighted by Gasteiger charge is -2.06. The Hall–Kier alpha value is -1.10. The molecule has 1 aromatic carbocycles. The average molecular weight is 257 g/mol. The molecule has 4 nitrogen and oxygen atoms in total. The number of hydrogen-bond donors (Lipinski definition) is 2. The zero-order valence-corrected chi connectivity index (χ0v) is 10.6. The lowest BCUT2D eigenvalue weighted by atomic mass is 10.1. The van der Waals surface area contributed by atoms with Gasteiger partial charge in [0.15, 0.2) is 0 Å². The van der Waals surface area contributed by atoms with E-state index in [4.69, 9.17) is 22.1 Å². The molecule has 94 valence electrons. The molecule has 0 radical (unpaired) electrons. The second kappa shape index (κ2) is 7.27. The molecule has 1 amide bonds. The van der Waals surface area contributed by atoms with E-state index in [0.717, 1.165) is 22.7 Å². The summed E-state index contributed by atoms with van der Waals surface area (Å²) in [7, 11) is 0.